The number of hydrogen-bond donors (Lipinski definition) is 3. The molecule has 0 fully saturated rings. The number of phosphoric acid groups is 1. The molecule has 0 bridgehead atoms. The normalized spacial score (nSPS) is 14.3. The zero-order valence-corrected chi connectivity index (χ0v) is 37.5. The Labute approximate surface area is 358 Å². The fourth-order valence-electron chi connectivity index (χ4n) is 5.34. The number of allylic oxidation sites excluding steroid dienone is 18. The molecule has 0 aromatic rings. The summed E-state index contributed by atoms with van der Waals surface area (Å²) in [5.41, 5.74) is 0. The summed E-state index contributed by atoms with van der Waals surface area (Å²) in [5.74, 6) is -0.603. The molecule has 59 heavy (non-hydrogen) atoms. The summed E-state index contributed by atoms with van der Waals surface area (Å²) >= 11 is 0. The molecule has 0 saturated carbocycles. The minimum absolute atomic E-state index is 0.0568. The third-order valence-electron chi connectivity index (χ3n) is 8.69. The van der Waals surface area contributed by atoms with E-state index in [2.05, 4.69) is 122 Å². The maximum atomic E-state index is 12.1. The van der Waals surface area contributed by atoms with Gasteiger partial charge in [-0.1, -0.05) is 155 Å². The Hall–Kier alpha value is -3.33. The SMILES string of the molecule is CC/C=C\C/C=C\C/C=C\C/C=C\C/C=C\CCCCCCCC(=O)NCCOP(=O)(O)OCC(O)COC(=O)CCC/C=C\C/C=C\C/C=C\C/C=C\CCCCC. The molecule has 2 atom stereocenters. The van der Waals surface area contributed by atoms with Gasteiger partial charge in [0, 0.05) is 19.4 Å². The number of aliphatic hydroxyl groups is 1. The van der Waals surface area contributed by atoms with Crippen molar-refractivity contribution in [2.75, 3.05) is 26.4 Å². The summed E-state index contributed by atoms with van der Waals surface area (Å²) < 4.78 is 26.8. The van der Waals surface area contributed by atoms with Gasteiger partial charge in [-0.05, 0) is 96.3 Å². The molecule has 1 amide bonds. The Kier molecular flexibility index (Phi) is 41.7. The highest BCUT2D eigenvalue weighted by Gasteiger charge is 2.23. The van der Waals surface area contributed by atoms with E-state index in [-0.39, 0.29) is 32.1 Å². The summed E-state index contributed by atoms with van der Waals surface area (Å²) in [6.45, 7) is 3.30. The fourth-order valence-corrected chi connectivity index (χ4v) is 6.10. The molecule has 3 N–H and O–H groups in total. The Morgan fingerprint density at radius 3 is 1.49 bits per heavy atom. The van der Waals surface area contributed by atoms with Gasteiger partial charge in [-0.3, -0.25) is 18.6 Å². The molecule has 9 nitrogen and oxygen atoms in total. The molecular formula is C49H80NO8P. The Bertz CT molecular complexity index is 1330. The van der Waals surface area contributed by atoms with Crippen LogP contribution in [0.4, 0.5) is 0 Å². The lowest BCUT2D eigenvalue weighted by molar-refractivity contribution is -0.147. The van der Waals surface area contributed by atoms with Crippen LogP contribution in [0.15, 0.2) is 109 Å². The maximum Gasteiger partial charge on any atom is 0.472 e. The molecule has 0 spiro atoms. The Morgan fingerprint density at radius 1 is 0.542 bits per heavy atom. The van der Waals surface area contributed by atoms with Crippen molar-refractivity contribution in [2.24, 2.45) is 0 Å². The van der Waals surface area contributed by atoms with Crippen LogP contribution in [-0.4, -0.2) is 54.3 Å². The maximum absolute atomic E-state index is 12.1. The van der Waals surface area contributed by atoms with Crippen LogP contribution < -0.4 is 5.32 Å². The van der Waals surface area contributed by atoms with E-state index in [1.807, 2.05) is 6.08 Å². The molecule has 0 radical (unpaired) electrons. The molecule has 0 saturated heterocycles. The zero-order chi connectivity index (χ0) is 43.2. The van der Waals surface area contributed by atoms with Gasteiger partial charge in [-0.25, -0.2) is 4.57 Å². The van der Waals surface area contributed by atoms with Crippen molar-refractivity contribution in [3.63, 3.8) is 0 Å². The third-order valence-corrected chi connectivity index (χ3v) is 9.67. The van der Waals surface area contributed by atoms with Crippen molar-refractivity contribution < 1.29 is 37.9 Å². The lowest BCUT2D eigenvalue weighted by atomic mass is 10.1. The molecular weight excluding hydrogens is 762 g/mol. The van der Waals surface area contributed by atoms with Gasteiger partial charge in [-0.2, -0.15) is 0 Å². The molecule has 0 aliphatic carbocycles. The number of phosphoric ester groups is 1. The Morgan fingerprint density at radius 2 is 0.983 bits per heavy atom. The summed E-state index contributed by atoms with van der Waals surface area (Å²) in [5, 5.41) is 12.7. The number of amides is 1. The monoisotopic (exact) mass is 842 g/mol. The fraction of sp³-hybridized carbons (Fsp3) is 0.592. The first kappa shape index (κ1) is 55.7. The summed E-state index contributed by atoms with van der Waals surface area (Å²) in [4.78, 5) is 33.9. The number of unbranched alkanes of at least 4 members (excludes halogenated alkanes) is 9. The van der Waals surface area contributed by atoms with Crippen molar-refractivity contribution >= 4 is 19.7 Å². The van der Waals surface area contributed by atoms with Crippen LogP contribution in [0.1, 0.15) is 155 Å². The number of carbonyl (C=O) groups is 2. The molecule has 0 aromatic heterocycles. The molecule has 334 valence electrons. The first-order chi connectivity index (χ1) is 28.8. The first-order valence-electron chi connectivity index (χ1n) is 22.4. The van der Waals surface area contributed by atoms with E-state index in [1.165, 1.54) is 25.7 Å². The van der Waals surface area contributed by atoms with E-state index >= 15 is 0 Å². The van der Waals surface area contributed by atoms with Gasteiger partial charge in [-0.15, -0.1) is 0 Å². The van der Waals surface area contributed by atoms with E-state index in [0.717, 1.165) is 96.3 Å². The quantitative estimate of drug-likeness (QED) is 0.0240. The van der Waals surface area contributed by atoms with Crippen molar-refractivity contribution in [1.29, 1.82) is 0 Å². The minimum Gasteiger partial charge on any atom is -0.463 e. The molecule has 0 aliphatic rings. The molecule has 2 unspecified atom stereocenters. The van der Waals surface area contributed by atoms with E-state index in [4.69, 9.17) is 13.8 Å². The second-order valence-electron chi connectivity index (χ2n) is 14.3. The van der Waals surface area contributed by atoms with Crippen molar-refractivity contribution in [2.45, 2.75) is 161 Å². The average Bonchev–Trinajstić information content (AvgIpc) is 3.22. The van der Waals surface area contributed by atoms with Crippen molar-refractivity contribution in [3.05, 3.63) is 109 Å². The smallest absolute Gasteiger partial charge is 0.463 e. The lowest BCUT2D eigenvalue weighted by Crippen LogP contribution is -2.27. The standard InChI is InChI=1S/C49H80NO8P/c1-3-5-7-9-11-13-15-17-19-21-22-23-24-26-27-29-31-33-35-37-39-41-48(52)50-43-44-57-59(54,55)58-46-47(51)45-56-49(53)42-40-38-36-34-32-30-28-25-20-18-16-14-12-10-8-6-4-2/h5,7,11-14,17-20,22-23,26-28,30,34,36,47,51H,3-4,6,8-10,15-16,21,24-25,29,31-33,35,37-46H2,1-2H3,(H,50,52)(H,54,55)/b7-5-,13-11-,14-12-,19-17-,20-18-,23-22-,27-26-,30-28-,36-34-. The molecule has 0 rings (SSSR count). The number of esters is 1. The lowest BCUT2D eigenvalue weighted by Gasteiger charge is -2.15. The first-order valence-corrected chi connectivity index (χ1v) is 23.9. The van der Waals surface area contributed by atoms with Gasteiger partial charge in [0.05, 0.1) is 13.2 Å². The van der Waals surface area contributed by atoms with Gasteiger partial charge in [0.2, 0.25) is 5.91 Å². The number of aliphatic hydroxyl groups excluding tert-OH is 1. The van der Waals surface area contributed by atoms with Crippen LogP contribution in [0.25, 0.3) is 0 Å². The van der Waals surface area contributed by atoms with E-state index in [9.17, 15) is 24.2 Å². The topological polar surface area (TPSA) is 131 Å². The van der Waals surface area contributed by atoms with Crippen LogP contribution in [-0.2, 0) is 27.9 Å². The van der Waals surface area contributed by atoms with Gasteiger partial charge < -0.3 is 20.1 Å². The van der Waals surface area contributed by atoms with Crippen LogP contribution in [0, 0.1) is 0 Å². The number of ether oxygens (including phenoxy) is 1. The third kappa shape index (κ3) is 45.6. The van der Waals surface area contributed by atoms with Crippen LogP contribution >= 0.6 is 7.82 Å². The second kappa shape index (κ2) is 44.2. The van der Waals surface area contributed by atoms with Crippen LogP contribution in [0.3, 0.4) is 0 Å². The van der Waals surface area contributed by atoms with E-state index < -0.39 is 26.5 Å². The van der Waals surface area contributed by atoms with E-state index in [1.54, 1.807) is 0 Å². The minimum atomic E-state index is -4.44. The molecule has 0 aliphatic heterocycles. The number of rotatable bonds is 40. The predicted octanol–water partition coefficient (Wildman–Crippen LogP) is 12.8. The summed E-state index contributed by atoms with van der Waals surface area (Å²) in [6.07, 6.45) is 58.8. The molecule has 0 aromatic carbocycles. The molecule has 0 heterocycles. The zero-order valence-electron chi connectivity index (χ0n) is 36.6. The summed E-state index contributed by atoms with van der Waals surface area (Å²) in [6, 6.07) is 0. The highest BCUT2D eigenvalue weighted by molar-refractivity contribution is 7.47. The van der Waals surface area contributed by atoms with Gasteiger partial charge >= 0.3 is 13.8 Å². The number of nitrogens with one attached hydrogen (secondary N) is 1. The predicted molar refractivity (Wildman–Crippen MR) is 247 cm³/mol. The molecule has 10 heteroatoms. The van der Waals surface area contributed by atoms with Crippen LogP contribution in [0.5, 0.6) is 0 Å². The average molecular weight is 842 g/mol. The van der Waals surface area contributed by atoms with Gasteiger partial charge in [0.25, 0.3) is 0 Å². The number of hydrogen-bond acceptors (Lipinski definition) is 7. The van der Waals surface area contributed by atoms with Crippen molar-refractivity contribution in [3.8, 4) is 0 Å². The Balaban J connectivity index is 3.73. The highest BCUT2D eigenvalue weighted by Crippen LogP contribution is 2.42. The van der Waals surface area contributed by atoms with Crippen molar-refractivity contribution in [1.82, 2.24) is 5.32 Å². The second-order valence-corrected chi connectivity index (χ2v) is 15.7. The van der Waals surface area contributed by atoms with E-state index in [0.29, 0.717) is 12.8 Å². The number of carbonyl (C=O) groups excluding carboxylic acids is 2. The van der Waals surface area contributed by atoms with Gasteiger partial charge in [0.1, 0.15) is 12.7 Å². The largest absolute Gasteiger partial charge is 0.472 e. The van der Waals surface area contributed by atoms with Crippen LogP contribution in [0.2, 0.25) is 0 Å². The highest BCUT2D eigenvalue weighted by atomic mass is 31.2. The van der Waals surface area contributed by atoms with Gasteiger partial charge in [0.15, 0.2) is 0 Å². The summed E-state index contributed by atoms with van der Waals surface area (Å²) in [7, 11) is -4.44.